The molecule has 0 aromatic rings. The zero-order valence-corrected chi connectivity index (χ0v) is 10.6. The van der Waals surface area contributed by atoms with Gasteiger partial charge in [-0.05, 0) is 39.3 Å². The second-order valence-electron chi connectivity index (χ2n) is 5.21. The maximum atomic E-state index is 5.97. The lowest BCUT2D eigenvalue weighted by Crippen LogP contribution is -2.52. The first kappa shape index (κ1) is 13.0. The third-order valence-corrected chi connectivity index (χ3v) is 3.85. The van der Waals surface area contributed by atoms with Crippen molar-refractivity contribution in [1.82, 2.24) is 4.90 Å². The van der Waals surface area contributed by atoms with Crippen molar-refractivity contribution < 1.29 is 0 Å². The number of likely N-dealkylation sites (tertiary alicyclic amines) is 1. The molecule has 1 saturated heterocycles. The fourth-order valence-electron chi connectivity index (χ4n) is 2.72. The van der Waals surface area contributed by atoms with Crippen LogP contribution in [0.2, 0.25) is 0 Å². The molecule has 1 fully saturated rings. The molecular weight excluding hydrogens is 184 g/mol. The minimum absolute atomic E-state index is 0.256. The molecule has 1 heterocycles. The first-order valence-corrected chi connectivity index (χ1v) is 6.68. The number of nitrogens with two attached hydrogens (primary N) is 1. The summed E-state index contributed by atoms with van der Waals surface area (Å²) in [6.07, 6.45) is 9.44. The zero-order valence-electron chi connectivity index (χ0n) is 10.6. The Kier molecular flexibility index (Phi) is 5.62. The highest BCUT2D eigenvalue weighted by Gasteiger charge is 2.29. The molecule has 2 nitrogen and oxygen atoms in total. The van der Waals surface area contributed by atoms with E-state index in [-0.39, 0.29) is 5.54 Å². The Morgan fingerprint density at radius 2 is 1.60 bits per heavy atom. The maximum absolute atomic E-state index is 5.97. The topological polar surface area (TPSA) is 29.3 Å². The van der Waals surface area contributed by atoms with Crippen LogP contribution in [0.15, 0.2) is 0 Å². The number of hydrogen-bond acceptors (Lipinski definition) is 2. The van der Waals surface area contributed by atoms with Crippen molar-refractivity contribution >= 4 is 0 Å². The zero-order chi connectivity index (χ0) is 11.1. The summed E-state index contributed by atoms with van der Waals surface area (Å²) in [5, 5.41) is 0. The van der Waals surface area contributed by atoms with Crippen molar-refractivity contribution in [2.24, 2.45) is 5.73 Å². The van der Waals surface area contributed by atoms with Crippen molar-refractivity contribution in [3.63, 3.8) is 0 Å². The molecule has 0 amide bonds. The summed E-state index contributed by atoms with van der Waals surface area (Å²) in [4.78, 5) is 2.65. The lowest BCUT2D eigenvalue weighted by Gasteiger charge is -2.41. The summed E-state index contributed by atoms with van der Waals surface area (Å²) in [5.41, 5.74) is 6.23. The molecule has 90 valence electrons. The first-order chi connectivity index (χ1) is 7.23. The summed E-state index contributed by atoms with van der Waals surface area (Å²) in [6.45, 7) is 7.93. The molecule has 0 radical (unpaired) electrons. The van der Waals surface area contributed by atoms with E-state index in [4.69, 9.17) is 5.73 Å². The van der Waals surface area contributed by atoms with Gasteiger partial charge in [-0.15, -0.1) is 0 Å². The maximum Gasteiger partial charge on any atom is 0.0303 e. The van der Waals surface area contributed by atoms with Crippen molar-refractivity contribution in [2.45, 2.75) is 64.3 Å². The fourth-order valence-corrected chi connectivity index (χ4v) is 2.72. The monoisotopic (exact) mass is 212 g/mol. The van der Waals surface area contributed by atoms with Gasteiger partial charge in [0.05, 0.1) is 0 Å². The van der Waals surface area contributed by atoms with Crippen molar-refractivity contribution in [2.75, 3.05) is 19.6 Å². The van der Waals surface area contributed by atoms with E-state index >= 15 is 0 Å². The Bertz CT molecular complexity index is 162. The smallest absolute Gasteiger partial charge is 0.0303 e. The van der Waals surface area contributed by atoms with Gasteiger partial charge in [0.25, 0.3) is 0 Å². The Hall–Kier alpha value is -0.0800. The molecule has 0 spiro atoms. The van der Waals surface area contributed by atoms with Gasteiger partial charge in [-0.2, -0.15) is 0 Å². The SMILES string of the molecule is CCCC(C)(CN)N1CCCCCCC1. The summed E-state index contributed by atoms with van der Waals surface area (Å²) in [6, 6.07) is 0. The average Bonchev–Trinajstić information content (AvgIpc) is 2.17. The van der Waals surface area contributed by atoms with Gasteiger partial charge in [0.1, 0.15) is 0 Å². The molecule has 2 N–H and O–H groups in total. The van der Waals surface area contributed by atoms with Crippen LogP contribution in [-0.2, 0) is 0 Å². The van der Waals surface area contributed by atoms with E-state index in [0.29, 0.717) is 0 Å². The summed E-state index contributed by atoms with van der Waals surface area (Å²) in [5.74, 6) is 0. The predicted molar refractivity (Wildman–Crippen MR) is 67.0 cm³/mol. The molecule has 0 aliphatic carbocycles. The van der Waals surface area contributed by atoms with Gasteiger partial charge in [-0.25, -0.2) is 0 Å². The molecule has 0 bridgehead atoms. The molecule has 0 saturated carbocycles. The van der Waals surface area contributed by atoms with E-state index in [1.54, 1.807) is 0 Å². The van der Waals surface area contributed by atoms with Crippen LogP contribution in [0, 0.1) is 0 Å². The van der Waals surface area contributed by atoms with Crippen LogP contribution in [0.5, 0.6) is 0 Å². The third-order valence-electron chi connectivity index (χ3n) is 3.85. The van der Waals surface area contributed by atoms with Crippen molar-refractivity contribution in [3.8, 4) is 0 Å². The van der Waals surface area contributed by atoms with Gasteiger partial charge in [0, 0.05) is 12.1 Å². The largest absolute Gasteiger partial charge is 0.329 e. The minimum atomic E-state index is 0.256. The summed E-state index contributed by atoms with van der Waals surface area (Å²) in [7, 11) is 0. The molecule has 1 aliphatic rings. The Labute approximate surface area is 95.2 Å². The van der Waals surface area contributed by atoms with E-state index in [1.165, 1.54) is 58.0 Å². The van der Waals surface area contributed by atoms with Gasteiger partial charge >= 0.3 is 0 Å². The van der Waals surface area contributed by atoms with Crippen molar-refractivity contribution in [3.05, 3.63) is 0 Å². The minimum Gasteiger partial charge on any atom is -0.329 e. The molecule has 15 heavy (non-hydrogen) atoms. The number of nitrogens with zero attached hydrogens (tertiary/aromatic N) is 1. The molecule has 1 atom stereocenters. The Morgan fingerprint density at radius 1 is 1.07 bits per heavy atom. The second-order valence-corrected chi connectivity index (χ2v) is 5.21. The van der Waals surface area contributed by atoms with Crippen LogP contribution in [0.4, 0.5) is 0 Å². The van der Waals surface area contributed by atoms with Crippen LogP contribution in [0.3, 0.4) is 0 Å². The van der Waals surface area contributed by atoms with Gasteiger partial charge in [0.2, 0.25) is 0 Å². The molecular formula is C13H28N2. The molecule has 1 unspecified atom stereocenters. The first-order valence-electron chi connectivity index (χ1n) is 6.68. The van der Waals surface area contributed by atoms with E-state index in [2.05, 4.69) is 18.7 Å². The van der Waals surface area contributed by atoms with E-state index in [9.17, 15) is 0 Å². The lowest BCUT2D eigenvalue weighted by molar-refractivity contribution is 0.0904. The molecule has 0 aromatic heterocycles. The van der Waals surface area contributed by atoms with Gasteiger partial charge in [0.15, 0.2) is 0 Å². The fraction of sp³-hybridized carbons (Fsp3) is 1.00. The van der Waals surface area contributed by atoms with Crippen LogP contribution in [-0.4, -0.2) is 30.1 Å². The van der Waals surface area contributed by atoms with E-state index in [1.807, 2.05) is 0 Å². The average molecular weight is 212 g/mol. The molecule has 1 aliphatic heterocycles. The van der Waals surface area contributed by atoms with Crippen molar-refractivity contribution in [1.29, 1.82) is 0 Å². The van der Waals surface area contributed by atoms with Gasteiger partial charge in [-0.1, -0.05) is 32.6 Å². The van der Waals surface area contributed by atoms with Gasteiger partial charge in [-0.3, -0.25) is 4.90 Å². The summed E-state index contributed by atoms with van der Waals surface area (Å²) >= 11 is 0. The third kappa shape index (κ3) is 3.76. The Balaban J connectivity index is 2.54. The predicted octanol–water partition coefficient (Wildman–Crippen LogP) is 2.77. The molecule has 2 heteroatoms. The van der Waals surface area contributed by atoms with E-state index in [0.717, 1.165) is 6.54 Å². The quantitative estimate of drug-likeness (QED) is 0.776. The highest BCUT2D eigenvalue weighted by Crippen LogP contribution is 2.23. The van der Waals surface area contributed by atoms with Crippen LogP contribution >= 0.6 is 0 Å². The Morgan fingerprint density at radius 3 is 2.07 bits per heavy atom. The lowest BCUT2D eigenvalue weighted by atomic mass is 9.92. The van der Waals surface area contributed by atoms with E-state index < -0.39 is 0 Å². The highest BCUT2D eigenvalue weighted by atomic mass is 15.2. The number of hydrogen-bond donors (Lipinski definition) is 1. The summed E-state index contributed by atoms with van der Waals surface area (Å²) < 4.78 is 0. The van der Waals surface area contributed by atoms with Crippen LogP contribution < -0.4 is 5.73 Å². The molecule has 1 rings (SSSR count). The standard InChI is InChI=1S/C13H28N2/c1-3-9-13(2,12-14)15-10-7-5-4-6-8-11-15/h3-12,14H2,1-2H3. The van der Waals surface area contributed by atoms with Gasteiger partial charge < -0.3 is 5.73 Å². The molecule has 0 aromatic carbocycles. The highest BCUT2D eigenvalue weighted by molar-refractivity contribution is 4.87. The number of rotatable bonds is 4. The second kappa shape index (κ2) is 6.49. The van der Waals surface area contributed by atoms with Crippen LogP contribution in [0.1, 0.15) is 58.8 Å². The van der Waals surface area contributed by atoms with Crippen LogP contribution in [0.25, 0.3) is 0 Å². The normalized spacial score (nSPS) is 24.2.